The zero-order chi connectivity index (χ0) is 5.98. The Labute approximate surface area is 49.8 Å². The smallest absolute Gasteiger partial charge is 0.0860 e. The molecule has 3 nitrogen and oxygen atoms in total. The Hall–Kier alpha value is -0.120. The van der Waals surface area contributed by atoms with Crippen molar-refractivity contribution in [2.45, 2.75) is 26.4 Å². The van der Waals surface area contributed by atoms with Gasteiger partial charge in [-0.05, 0) is 12.3 Å². The Morgan fingerprint density at radius 1 is 1.38 bits per heavy atom. The largest absolute Gasteiger partial charge is 0.226 e. The first-order chi connectivity index (χ1) is 3.79. The van der Waals surface area contributed by atoms with Crippen LogP contribution in [-0.4, -0.2) is 6.17 Å². The van der Waals surface area contributed by atoms with Crippen LogP contribution in [0.1, 0.15) is 20.3 Å². The van der Waals surface area contributed by atoms with Gasteiger partial charge in [0.1, 0.15) is 0 Å². The van der Waals surface area contributed by atoms with Gasteiger partial charge in [0.2, 0.25) is 0 Å². The molecule has 0 amide bonds. The average molecular weight is 115 g/mol. The maximum atomic E-state index is 3.02. The second-order valence-corrected chi connectivity index (χ2v) is 2.60. The first kappa shape index (κ1) is 6.01. The van der Waals surface area contributed by atoms with Gasteiger partial charge in [0.25, 0.3) is 0 Å². The number of hydrazine groups is 2. The van der Waals surface area contributed by atoms with Crippen LogP contribution >= 0.6 is 0 Å². The van der Waals surface area contributed by atoms with Gasteiger partial charge in [-0.1, -0.05) is 13.8 Å². The highest BCUT2D eigenvalue weighted by Gasteiger charge is 2.14. The van der Waals surface area contributed by atoms with Gasteiger partial charge in [-0.2, -0.15) is 5.53 Å². The molecule has 0 radical (unpaired) electrons. The topological polar surface area (TPSA) is 36.1 Å². The Kier molecular flexibility index (Phi) is 1.83. The summed E-state index contributed by atoms with van der Waals surface area (Å²) in [6, 6.07) is 0. The van der Waals surface area contributed by atoms with E-state index in [9.17, 15) is 0 Å². The maximum Gasteiger partial charge on any atom is 0.0860 e. The lowest BCUT2D eigenvalue weighted by molar-refractivity contribution is 0.161. The van der Waals surface area contributed by atoms with E-state index in [2.05, 4.69) is 30.2 Å². The summed E-state index contributed by atoms with van der Waals surface area (Å²) < 4.78 is 0. The summed E-state index contributed by atoms with van der Waals surface area (Å²) >= 11 is 0. The van der Waals surface area contributed by atoms with E-state index in [1.807, 2.05) is 0 Å². The first-order valence-corrected chi connectivity index (χ1v) is 3.05. The molecule has 0 aliphatic carbocycles. The average Bonchev–Trinajstić information content (AvgIpc) is 1.55. The summed E-state index contributed by atoms with van der Waals surface area (Å²) in [6.45, 7) is 4.42. The van der Waals surface area contributed by atoms with E-state index in [0.717, 1.165) is 5.92 Å². The summed E-state index contributed by atoms with van der Waals surface area (Å²) in [5.41, 5.74) is 8.80. The summed E-state index contributed by atoms with van der Waals surface area (Å²) in [4.78, 5) is 0. The highest BCUT2D eigenvalue weighted by atomic mass is 15.7. The molecule has 1 heterocycles. The third-order valence-corrected chi connectivity index (χ3v) is 1.20. The molecule has 1 aliphatic rings. The van der Waals surface area contributed by atoms with Crippen LogP contribution in [-0.2, 0) is 0 Å². The Balaban J connectivity index is 2.01. The van der Waals surface area contributed by atoms with Gasteiger partial charge < -0.3 is 0 Å². The van der Waals surface area contributed by atoms with Crippen molar-refractivity contribution < 1.29 is 0 Å². The number of hydrogen-bond acceptors (Lipinski definition) is 3. The highest BCUT2D eigenvalue weighted by molar-refractivity contribution is 4.66. The fraction of sp³-hybridized carbons (Fsp3) is 1.00. The molecular formula is C5H13N3. The van der Waals surface area contributed by atoms with Crippen molar-refractivity contribution in [1.29, 1.82) is 0 Å². The third-order valence-electron chi connectivity index (χ3n) is 1.20. The van der Waals surface area contributed by atoms with Crippen molar-refractivity contribution in [1.82, 2.24) is 16.4 Å². The molecule has 0 spiro atoms. The summed E-state index contributed by atoms with van der Waals surface area (Å²) in [5, 5.41) is 0. The van der Waals surface area contributed by atoms with E-state index in [1.165, 1.54) is 6.42 Å². The lowest BCUT2D eigenvalue weighted by Gasteiger charge is -2.31. The summed E-state index contributed by atoms with van der Waals surface area (Å²) in [7, 11) is 0. The van der Waals surface area contributed by atoms with Crippen molar-refractivity contribution in [3.05, 3.63) is 0 Å². The van der Waals surface area contributed by atoms with Gasteiger partial charge in [0.05, 0.1) is 6.17 Å². The van der Waals surface area contributed by atoms with Crippen molar-refractivity contribution in [2.24, 2.45) is 5.92 Å². The third kappa shape index (κ3) is 1.43. The van der Waals surface area contributed by atoms with E-state index < -0.39 is 0 Å². The molecule has 3 N–H and O–H groups in total. The minimum absolute atomic E-state index is 0.495. The number of nitrogens with one attached hydrogen (secondary N) is 3. The molecule has 1 aliphatic heterocycles. The molecule has 1 rings (SSSR count). The highest BCUT2D eigenvalue weighted by Crippen LogP contribution is 2.02. The van der Waals surface area contributed by atoms with Gasteiger partial charge in [-0.3, -0.25) is 0 Å². The van der Waals surface area contributed by atoms with E-state index >= 15 is 0 Å². The quantitative estimate of drug-likeness (QED) is 0.473. The zero-order valence-corrected chi connectivity index (χ0v) is 5.36. The molecule has 3 heteroatoms. The summed E-state index contributed by atoms with van der Waals surface area (Å²) in [5.74, 6) is 0.766. The molecule has 0 aromatic rings. The van der Waals surface area contributed by atoms with Crippen molar-refractivity contribution in [3.8, 4) is 0 Å². The number of hydrogen-bond donors (Lipinski definition) is 3. The maximum absolute atomic E-state index is 3.02. The summed E-state index contributed by atoms with van der Waals surface area (Å²) in [6.07, 6.45) is 1.68. The Morgan fingerprint density at radius 2 is 2.00 bits per heavy atom. The minimum Gasteiger partial charge on any atom is -0.226 e. The zero-order valence-electron chi connectivity index (χ0n) is 5.36. The molecule has 1 fully saturated rings. The standard InChI is InChI=1S/C5H13N3/c1-4(2)3-5-6-8-7-5/h4-8H,3H2,1-2H3. The monoisotopic (exact) mass is 115 g/mol. The SMILES string of the molecule is CC(C)CC1NNN1. The molecule has 0 atom stereocenters. The molecule has 0 saturated carbocycles. The molecule has 0 unspecified atom stereocenters. The molecule has 0 bridgehead atoms. The second-order valence-electron chi connectivity index (χ2n) is 2.60. The first-order valence-electron chi connectivity index (χ1n) is 3.05. The minimum atomic E-state index is 0.495. The molecule has 0 aromatic heterocycles. The fourth-order valence-corrected chi connectivity index (χ4v) is 0.763. The van der Waals surface area contributed by atoms with Crippen LogP contribution in [0.2, 0.25) is 0 Å². The molecular weight excluding hydrogens is 102 g/mol. The van der Waals surface area contributed by atoms with E-state index in [4.69, 9.17) is 0 Å². The van der Waals surface area contributed by atoms with Gasteiger partial charge in [0.15, 0.2) is 0 Å². The van der Waals surface area contributed by atoms with Crippen molar-refractivity contribution in [3.63, 3.8) is 0 Å². The van der Waals surface area contributed by atoms with Crippen LogP contribution in [0.4, 0.5) is 0 Å². The van der Waals surface area contributed by atoms with Crippen LogP contribution in [0.25, 0.3) is 0 Å². The lowest BCUT2D eigenvalue weighted by Crippen LogP contribution is -2.69. The lowest BCUT2D eigenvalue weighted by atomic mass is 10.1. The predicted octanol–water partition coefficient (Wildman–Crippen LogP) is -0.0290. The van der Waals surface area contributed by atoms with Crippen LogP contribution < -0.4 is 16.4 Å². The molecule has 1 saturated heterocycles. The van der Waals surface area contributed by atoms with E-state index in [0.29, 0.717) is 6.17 Å². The van der Waals surface area contributed by atoms with Crippen LogP contribution in [0.5, 0.6) is 0 Å². The van der Waals surface area contributed by atoms with Gasteiger partial charge in [-0.15, -0.1) is 0 Å². The van der Waals surface area contributed by atoms with Crippen LogP contribution in [0.3, 0.4) is 0 Å². The van der Waals surface area contributed by atoms with Crippen molar-refractivity contribution in [2.75, 3.05) is 0 Å². The van der Waals surface area contributed by atoms with E-state index in [1.54, 1.807) is 0 Å². The van der Waals surface area contributed by atoms with E-state index in [-0.39, 0.29) is 0 Å². The van der Waals surface area contributed by atoms with Gasteiger partial charge >= 0.3 is 0 Å². The molecule has 0 aromatic carbocycles. The predicted molar refractivity (Wildman–Crippen MR) is 32.7 cm³/mol. The van der Waals surface area contributed by atoms with Crippen LogP contribution in [0.15, 0.2) is 0 Å². The van der Waals surface area contributed by atoms with Crippen molar-refractivity contribution >= 4 is 0 Å². The molecule has 48 valence electrons. The normalized spacial score (nSPS) is 21.4. The Morgan fingerprint density at radius 3 is 2.12 bits per heavy atom. The van der Waals surface area contributed by atoms with Gasteiger partial charge in [0, 0.05) is 0 Å². The van der Waals surface area contributed by atoms with Crippen LogP contribution in [0, 0.1) is 5.92 Å². The van der Waals surface area contributed by atoms with Gasteiger partial charge in [-0.25, -0.2) is 10.9 Å². The Bertz CT molecular complexity index is 68.1. The number of rotatable bonds is 2. The second kappa shape index (κ2) is 2.44. The fourth-order valence-electron chi connectivity index (χ4n) is 0.763. The molecule has 8 heavy (non-hydrogen) atoms.